The van der Waals surface area contributed by atoms with Gasteiger partial charge in [-0.25, -0.2) is 4.39 Å². The van der Waals surface area contributed by atoms with Crippen LogP contribution in [0.4, 0.5) is 4.39 Å². The maximum Gasteiger partial charge on any atom is 0.251 e. The van der Waals surface area contributed by atoms with Gasteiger partial charge in [-0.05, 0) is 55.2 Å². The second-order valence-electron chi connectivity index (χ2n) is 6.17. The van der Waals surface area contributed by atoms with Gasteiger partial charge >= 0.3 is 0 Å². The van der Waals surface area contributed by atoms with E-state index in [1.165, 1.54) is 19.2 Å². The molecule has 4 nitrogen and oxygen atoms in total. The molecule has 0 unspecified atom stereocenters. The maximum absolute atomic E-state index is 13.6. The van der Waals surface area contributed by atoms with Crippen molar-refractivity contribution in [3.63, 3.8) is 0 Å². The van der Waals surface area contributed by atoms with Crippen LogP contribution in [-0.2, 0) is 0 Å². The van der Waals surface area contributed by atoms with Crippen molar-refractivity contribution < 1.29 is 13.9 Å². The van der Waals surface area contributed by atoms with E-state index in [-0.39, 0.29) is 36.2 Å². The molecule has 134 valence electrons. The molecule has 0 heterocycles. The quantitative estimate of drug-likeness (QED) is 0.872. The lowest BCUT2D eigenvalue weighted by atomic mass is 10.0. The molecule has 1 aliphatic carbocycles. The Morgan fingerprint density at radius 3 is 2.72 bits per heavy atom. The van der Waals surface area contributed by atoms with E-state index in [4.69, 9.17) is 10.5 Å². The lowest BCUT2D eigenvalue weighted by Crippen LogP contribution is -2.34. The predicted octanol–water partition coefficient (Wildman–Crippen LogP) is 3.53. The highest BCUT2D eigenvalue weighted by Crippen LogP contribution is 2.31. The van der Waals surface area contributed by atoms with Gasteiger partial charge in [0.2, 0.25) is 0 Å². The van der Waals surface area contributed by atoms with Crippen LogP contribution in [0.3, 0.4) is 0 Å². The van der Waals surface area contributed by atoms with Crippen molar-refractivity contribution in [1.29, 1.82) is 0 Å². The van der Waals surface area contributed by atoms with E-state index in [1.54, 1.807) is 24.3 Å². The SMILES string of the molecule is COc1ccc(F)cc1-c1cccc(C(=O)N[C@H]2CC[C@@H](N)C2)c1.Cl. The second-order valence-corrected chi connectivity index (χ2v) is 6.17. The molecule has 1 amide bonds. The van der Waals surface area contributed by atoms with Gasteiger partial charge in [0.1, 0.15) is 11.6 Å². The Kier molecular flexibility index (Phi) is 6.39. The third-order valence-corrected chi connectivity index (χ3v) is 4.41. The lowest BCUT2D eigenvalue weighted by Gasteiger charge is -2.14. The average Bonchev–Trinajstić information content (AvgIpc) is 2.99. The van der Waals surface area contributed by atoms with Crippen molar-refractivity contribution in [2.75, 3.05) is 7.11 Å². The standard InChI is InChI=1S/C19H21FN2O2.ClH/c1-24-18-8-5-14(20)10-17(18)12-3-2-4-13(9-12)19(23)22-16-7-6-15(21)11-16;/h2-5,8-10,15-16H,6-7,11,21H2,1H3,(H,22,23);1H/t15-,16+;/m1./s1. The summed E-state index contributed by atoms with van der Waals surface area (Å²) in [6.07, 6.45) is 2.65. The second kappa shape index (κ2) is 8.32. The fourth-order valence-corrected chi connectivity index (χ4v) is 3.15. The van der Waals surface area contributed by atoms with Gasteiger partial charge in [-0.1, -0.05) is 12.1 Å². The zero-order chi connectivity index (χ0) is 17.1. The summed E-state index contributed by atoms with van der Waals surface area (Å²) in [5.74, 6) is 0.0858. The fourth-order valence-electron chi connectivity index (χ4n) is 3.15. The van der Waals surface area contributed by atoms with E-state index in [0.717, 1.165) is 24.8 Å². The van der Waals surface area contributed by atoms with Gasteiger partial charge in [-0.3, -0.25) is 4.79 Å². The van der Waals surface area contributed by atoms with Gasteiger partial charge < -0.3 is 15.8 Å². The first-order chi connectivity index (χ1) is 11.6. The Balaban J connectivity index is 0.00000225. The zero-order valence-electron chi connectivity index (χ0n) is 14.0. The van der Waals surface area contributed by atoms with Crippen LogP contribution in [0.25, 0.3) is 11.1 Å². The Hall–Kier alpha value is -2.11. The fraction of sp³-hybridized carbons (Fsp3) is 0.316. The van der Waals surface area contributed by atoms with Crippen LogP contribution in [0.1, 0.15) is 29.6 Å². The normalized spacial score (nSPS) is 19.2. The van der Waals surface area contributed by atoms with Gasteiger partial charge in [0.15, 0.2) is 0 Å². The number of hydrogen-bond acceptors (Lipinski definition) is 3. The number of carbonyl (C=O) groups excluding carboxylic acids is 1. The topological polar surface area (TPSA) is 64.3 Å². The van der Waals surface area contributed by atoms with Gasteiger partial charge in [-0.15, -0.1) is 12.4 Å². The first-order valence-corrected chi connectivity index (χ1v) is 8.07. The first-order valence-electron chi connectivity index (χ1n) is 8.07. The molecule has 0 spiro atoms. The largest absolute Gasteiger partial charge is 0.496 e. The molecule has 0 aromatic heterocycles. The van der Waals surface area contributed by atoms with Crippen molar-refractivity contribution in [2.45, 2.75) is 31.3 Å². The summed E-state index contributed by atoms with van der Waals surface area (Å²) in [7, 11) is 1.54. The number of nitrogens with two attached hydrogens (primary N) is 1. The number of methoxy groups -OCH3 is 1. The molecule has 2 atom stereocenters. The summed E-state index contributed by atoms with van der Waals surface area (Å²) in [6.45, 7) is 0. The van der Waals surface area contributed by atoms with E-state index in [9.17, 15) is 9.18 Å². The number of rotatable bonds is 4. The summed E-state index contributed by atoms with van der Waals surface area (Å²) in [5, 5.41) is 3.02. The van der Waals surface area contributed by atoms with E-state index < -0.39 is 0 Å². The minimum atomic E-state index is -0.347. The molecule has 0 aliphatic heterocycles. The van der Waals surface area contributed by atoms with Crippen molar-refractivity contribution >= 4 is 18.3 Å². The third kappa shape index (κ3) is 4.50. The van der Waals surface area contributed by atoms with Crippen LogP contribution in [-0.4, -0.2) is 25.1 Å². The highest BCUT2D eigenvalue weighted by atomic mass is 35.5. The molecule has 0 saturated heterocycles. The zero-order valence-corrected chi connectivity index (χ0v) is 14.8. The summed E-state index contributed by atoms with van der Waals surface area (Å²) in [6, 6.07) is 11.7. The number of benzene rings is 2. The molecule has 0 radical (unpaired) electrons. The van der Waals surface area contributed by atoms with E-state index in [1.807, 2.05) is 6.07 Å². The minimum absolute atomic E-state index is 0. The molecule has 3 N–H and O–H groups in total. The first kappa shape index (κ1) is 19.2. The molecule has 2 aromatic carbocycles. The third-order valence-electron chi connectivity index (χ3n) is 4.41. The summed E-state index contributed by atoms with van der Waals surface area (Å²) >= 11 is 0. The smallest absolute Gasteiger partial charge is 0.251 e. The van der Waals surface area contributed by atoms with Crippen molar-refractivity contribution in [1.82, 2.24) is 5.32 Å². The lowest BCUT2D eigenvalue weighted by molar-refractivity contribution is 0.0937. The van der Waals surface area contributed by atoms with Crippen molar-refractivity contribution in [3.8, 4) is 16.9 Å². The molecule has 6 heteroatoms. The molecule has 1 saturated carbocycles. The molecule has 25 heavy (non-hydrogen) atoms. The van der Waals surface area contributed by atoms with Gasteiger partial charge in [-0.2, -0.15) is 0 Å². The molecule has 2 aromatic rings. The number of amides is 1. The average molecular weight is 365 g/mol. The number of hydrogen-bond donors (Lipinski definition) is 2. The highest BCUT2D eigenvalue weighted by molar-refractivity contribution is 5.95. The number of carbonyl (C=O) groups is 1. The molecule has 3 rings (SSSR count). The van der Waals surface area contributed by atoms with Crippen LogP contribution in [0.2, 0.25) is 0 Å². The van der Waals surface area contributed by atoms with Crippen molar-refractivity contribution in [3.05, 3.63) is 53.8 Å². The minimum Gasteiger partial charge on any atom is -0.496 e. The monoisotopic (exact) mass is 364 g/mol. The van der Waals surface area contributed by atoms with Crippen LogP contribution in [0.5, 0.6) is 5.75 Å². The molecule has 0 bridgehead atoms. The van der Waals surface area contributed by atoms with Gasteiger partial charge in [0.05, 0.1) is 7.11 Å². The van der Waals surface area contributed by atoms with E-state index in [2.05, 4.69) is 5.32 Å². The van der Waals surface area contributed by atoms with Crippen LogP contribution in [0.15, 0.2) is 42.5 Å². The van der Waals surface area contributed by atoms with E-state index >= 15 is 0 Å². The molecular formula is C19H22ClFN2O2. The predicted molar refractivity (Wildman–Crippen MR) is 98.7 cm³/mol. The maximum atomic E-state index is 13.6. The summed E-state index contributed by atoms with van der Waals surface area (Å²) < 4.78 is 18.9. The summed E-state index contributed by atoms with van der Waals surface area (Å²) in [5.41, 5.74) is 7.78. The molecular weight excluding hydrogens is 343 g/mol. The number of nitrogens with one attached hydrogen (secondary N) is 1. The Bertz CT molecular complexity index is 754. The Morgan fingerprint density at radius 1 is 1.24 bits per heavy atom. The van der Waals surface area contributed by atoms with Crippen LogP contribution in [0, 0.1) is 5.82 Å². The Morgan fingerprint density at radius 2 is 2.04 bits per heavy atom. The van der Waals surface area contributed by atoms with E-state index in [0.29, 0.717) is 16.9 Å². The van der Waals surface area contributed by atoms with Gasteiger partial charge in [0.25, 0.3) is 5.91 Å². The van der Waals surface area contributed by atoms with Crippen molar-refractivity contribution in [2.24, 2.45) is 5.73 Å². The number of ether oxygens (including phenoxy) is 1. The molecule has 1 aliphatic rings. The highest BCUT2D eigenvalue weighted by Gasteiger charge is 2.23. The van der Waals surface area contributed by atoms with Crippen LogP contribution < -0.4 is 15.8 Å². The van der Waals surface area contributed by atoms with Gasteiger partial charge in [0, 0.05) is 23.2 Å². The summed E-state index contributed by atoms with van der Waals surface area (Å²) in [4.78, 5) is 12.5. The Labute approximate surface area is 153 Å². The van der Waals surface area contributed by atoms with Crippen LogP contribution >= 0.6 is 12.4 Å². The number of halogens is 2. The molecule has 1 fully saturated rings.